The van der Waals surface area contributed by atoms with Crippen LogP contribution < -0.4 is 0 Å². The maximum atomic E-state index is 13.1. The zero-order valence-electron chi connectivity index (χ0n) is 20.2. The van der Waals surface area contributed by atoms with Crippen LogP contribution in [0.5, 0.6) is 0 Å². The van der Waals surface area contributed by atoms with Gasteiger partial charge in [-0.1, -0.05) is 48.5 Å². The summed E-state index contributed by atoms with van der Waals surface area (Å²) >= 11 is 0. The lowest BCUT2D eigenvalue weighted by atomic mass is 9.98. The van der Waals surface area contributed by atoms with E-state index in [1.54, 1.807) is 0 Å². The summed E-state index contributed by atoms with van der Waals surface area (Å²) in [4.78, 5) is 27.6. The Kier molecular flexibility index (Phi) is 8.62. The van der Waals surface area contributed by atoms with Gasteiger partial charge < -0.3 is 39.9 Å². The number of hydrogen-bond acceptors (Lipinski definition) is 9. The van der Waals surface area contributed by atoms with Crippen molar-refractivity contribution in [2.45, 2.75) is 36.8 Å². The van der Waals surface area contributed by atoms with Crippen LogP contribution in [-0.2, 0) is 9.47 Å². The Morgan fingerprint density at radius 2 is 1.46 bits per heavy atom. The van der Waals surface area contributed by atoms with Gasteiger partial charge in [-0.15, -0.1) is 0 Å². The van der Waals surface area contributed by atoms with Gasteiger partial charge in [0.05, 0.1) is 13.2 Å². The highest BCUT2D eigenvalue weighted by Crippen LogP contribution is 2.44. The van der Waals surface area contributed by atoms with Gasteiger partial charge in [0, 0.05) is 19.0 Å². The molecule has 2 aromatic rings. The summed E-state index contributed by atoms with van der Waals surface area (Å²) < 4.78 is 10.8. The molecule has 11 nitrogen and oxygen atoms in total. The van der Waals surface area contributed by atoms with E-state index in [1.165, 1.54) is 4.90 Å². The molecule has 2 aliphatic rings. The van der Waals surface area contributed by atoms with E-state index in [0.29, 0.717) is 13.1 Å². The molecule has 0 saturated carbocycles. The standard InChI is InChI=1S/C26H32N2O9/c29-13-22(31)24(33)23(32)21(30)12-28(15-37-25(34)27-10-5-11-27)26(35)36-14-20-18-8-3-1-6-16(18)17-7-2-4-9-19(17)20/h1-4,6-9,20-24,29-33H,5,10-15H2/t21-,22+,23+,24+/m0/s1. The molecule has 0 bridgehead atoms. The first-order chi connectivity index (χ1) is 17.8. The normalized spacial score (nSPS) is 17.6. The molecule has 37 heavy (non-hydrogen) atoms. The zero-order valence-corrected chi connectivity index (χ0v) is 20.2. The summed E-state index contributed by atoms with van der Waals surface area (Å²) in [5.41, 5.74) is 4.11. The third-order valence-electron chi connectivity index (χ3n) is 6.79. The maximum absolute atomic E-state index is 13.1. The Morgan fingerprint density at radius 1 is 0.892 bits per heavy atom. The van der Waals surface area contributed by atoms with Crippen molar-refractivity contribution in [1.29, 1.82) is 0 Å². The minimum Gasteiger partial charge on any atom is -0.448 e. The van der Waals surface area contributed by atoms with Gasteiger partial charge in [0.25, 0.3) is 0 Å². The number of ether oxygens (including phenoxy) is 2. The van der Waals surface area contributed by atoms with E-state index in [-0.39, 0.29) is 12.5 Å². The first-order valence-electron chi connectivity index (χ1n) is 12.2. The average Bonchev–Trinajstić information content (AvgIpc) is 3.20. The van der Waals surface area contributed by atoms with Crippen LogP contribution in [0.15, 0.2) is 48.5 Å². The molecular weight excluding hydrogens is 484 g/mol. The lowest BCUT2D eigenvalue weighted by Crippen LogP contribution is -2.51. The van der Waals surface area contributed by atoms with Gasteiger partial charge in [-0.25, -0.2) is 9.59 Å². The van der Waals surface area contributed by atoms with Crippen LogP contribution in [-0.4, -0.2) is 112 Å². The molecule has 11 heteroatoms. The van der Waals surface area contributed by atoms with Gasteiger partial charge in [-0.05, 0) is 28.7 Å². The molecule has 1 aliphatic carbocycles. The number of fused-ring (bicyclic) bond motifs is 3. The van der Waals surface area contributed by atoms with Crippen molar-refractivity contribution in [3.8, 4) is 11.1 Å². The number of nitrogens with zero attached hydrogens (tertiary/aromatic N) is 2. The van der Waals surface area contributed by atoms with Crippen molar-refractivity contribution in [2.75, 3.05) is 39.6 Å². The summed E-state index contributed by atoms with van der Waals surface area (Å²) in [6.07, 6.45) is -7.88. The number of hydrogen-bond donors (Lipinski definition) is 5. The molecule has 1 saturated heterocycles. The minimum atomic E-state index is -1.89. The number of carbonyl (C=O) groups is 2. The number of carbonyl (C=O) groups excluding carboxylic acids is 2. The molecule has 1 aliphatic heterocycles. The zero-order chi connectivity index (χ0) is 26.5. The van der Waals surface area contributed by atoms with Gasteiger partial charge in [0.1, 0.15) is 31.0 Å². The highest BCUT2D eigenvalue weighted by Gasteiger charge is 2.34. The van der Waals surface area contributed by atoms with E-state index in [9.17, 15) is 30.0 Å². The summed E-state index contributed by atoms with van der Waals surface area (Å²) in [5.74, 6) is -0.223. The summed E-state index contributed by atoms with van der Waals surface area (Å²) in [6, 6.07) is 15.6. The summed E-state index contributed by atoms with van der Waals surface area (Å²) in [7, 11) is 0. The van der Waals surface area contributed by atoms with E-state index in [4.69, 9.17) is 14.6 Å². The fourth-order valence-corrected chi connectivity index (χ4v) is 4.49. The topological polar surface area (TPSA) is 160 Å². The Bertz CT molecular complexity index is 1050. The van der Waals surface area contributed by atoms with E-state index >= 15 is 0 Å². The summed E-state index contributed by atoms with van der Waals surface area (Å²) in [5, 5.41) is 49.1. The Morgan fingerprint density at radius 3 is 2.00 bits per heavy atom. The molecule has 1 fully saturated rings. The third-order valence-corrected chi connectivity index (χ3v) is 6.79. The lowest BCUT2D eigenvalue weighted by molar-refractivity contribution is -0.121. The Labute approximate surface area is 214 Å². The first kappa shape index (κ1) is 26.8. The molecule has 0 spiro atoms. The molecule has 2 amide bonds. The van der Waals surface area contributed by atoms with Gasteiger partial charge in [0.15, 0.2) is 6.73 Å². The largest absolute Gasteiger partial charge is 0.448 e. The van der Waals surface area contributed by atoms with Crippen molar-refractivity contribution < 1.29 is 44.6 Å². The van der Waals surface area contributed by atoms with E-state index < -0.39 is 56.5 Å². The van der Waals surface area contributed by atoms with Crippen LogP contribution in [0.3, 0.4) is 0 Å². The van der Waals surface area contributed by atoms with Crippen LogP contribution in [0, 0.1) is 0 Å². The highest BCUT2D eigenvalue weighted by atomic mass is 16.6. The second kappa shape index (κ2) is 11.9. The van der Waals surface area contributed by atoms with Crippen LogP contribution >= 0.6 is 0 Å². The van der Waals surface area contributed by atoms with Crippen molar-refractivity contribution in [3.05, 3.63) is 59.7 Å². The fraction of sp³-hybridized carbons (Fsp3) is 0.462. The number of rotatable bonds is 10. The Hall–Kier alpha value is -3.22. The quantitative estimate of drug-likeness (QED) is 0.283. The SMILES string of the molecule is O=C(OCN(C[C@H](O)[C@@H](O)[C@H](O)[C@H](O)CO)C(=O)OCC1c2ccccc2-c2ccccc21)N1CCC1. The molecule has 0 aromatic heterocycles. The molecule has 0 unspecified atom stereocenters. The van der Waals surface area contributed by atoms with Crippen LogP contribution in [0.4, 0.5) is 9.59 Å². The predicted octanol–water partition coefficient (Wildman–Crippen LogP) is 0.473. The second-order valence-corrected chi connectivity index (χ2v) is 9.20. The lowest BCUT2D eigenvalue weighted by Gasteiger charge is -2.32. The molecule has 4 atom stereocenters. The van der Waals surface area contributed by atoms with E-state index in [0.717, 1.165) is 33.6 Å². The second-order valence-electron chi connectivity index (χ2n) is 9.20. The third kappa shape index (κ3) is 5.86. The van der Waals surface area contributed by atoms with Crippen LogP contribution in [0.1, 0.15) is 23.5 Å². The minimum absolute atomic E-state index is 0.0199. The molecule has 0 radical (unpaired) electrons. The number of aliphatic hydroxyl groups is 5. The van der Waals surface area contributed by atoms with Crippen molar-refractivity contribution in [2.24, 2.45) is 0 Å². The highest BCUT2D eigenvalue weighted by molar-refractivity contribution is 5.79. The molecule has 2 aromatic carbocycles. The van der Waals surface area contributed by atoms with Crippen molar-refractivity contribution in [1.82, 2.24) is 9.80 Å². The molecule has 200 valence electrons. The van der Waals surface area contributed by atoms with Crippen LogP contribution in [0.2, 0.25) is 0 Å². The number of benzene rings is 2. The van der Waals surface area contributed by atoms with E-state index in [2.05, 4.69) is 0 Å². The Balaban J connectivity index is 1.45. The van der Waals surface area contributed by atoms with Gasteiger partial charge in [-0.3, -0.25) is 4.90 Å². The number of aliphatic hydroxyl groups excluding tert-OH is 5. The van der Waals surface area contributed by atoms with Gasteiger partial charge in [-0.2, -0.15) is 0 Å². The van der Waals surface area contributed by atoms with Crippen molar-refractivity contribution >= 4 is 12.2 Å². The smallest absolute Gasteiger partial charge is 0.412 e. The summed E-state index contributed by atoms with van der Waals surface area (Å²) in [6.45, 7) is -0.913. The van der Waals surface area contributed by atoms with Gasteiger partial charge in [0.2, 0.25) is 0 Å². The van der Waals surface area contributed by atoms with E-state index in [1.807, 2.05) is 48.5 Å². The number of amides is 2. The first-order valence-corrected chi connectivity index (χ1v) is 12.2. The van der Waals surface area contributed by atoms with Gasteiger partial charge >= 0.3 is 12.2 Å². The maximum Gasteiger partial charge on any atom is 0.412 e. The van der Waals surface area contributed by atoms with Crippen molar-refractivity contribution in [3.63, 3.8) is 0 Å². The number of likely N-dealkylation sites (tertiary alicyclic amines) is 1. The molecule has 1 heterocycles. The van der Waals surface area contributed by atoms with Crippen LogP contribution in [0.25, 0.3) is 11.1 Å². The predicted molar refractivity (Wildman–Crippen MR) is 130 cm³/mol. The molecule has 5 N–H and O–H groups in total. The molecular formula is C26H32N2O9. The fourth-order valence-electron chi connectivity index (χ4n) is 4.49. The average molecular weight is 517 g/mol. The monoisotopic (exact) mass is 516 g/mol. The molecule has 4 rings (SSSR count).